The van der Waals surface area contributed by atoms with Gasteiger partial charge in [0.2, 0.25) is 5.91 Å². The number of carbonyl (C=O) groups is 1. The van der Waals surface area contributed by atoms with Crippen LogP contribution in [0.1, 0.15) is 37.8 Å². The number of carbonyl (C=O) groups excluding carboxylic acids is 1. The highest BCUT2D eigenvalue weighted by atomic mass is 35.5. The van der Waals surface area contributed by atoms with Crippen molar-refractivity contribution in [3.8, 4) is 5.75 Å². The minimum atomic E-state index is -0.0501. The van der Waals surface area contributed by atoms with E-state index in [1.54, 1.807) is 7.11 Å². The molecular formula is C15H23ClN2O2. The molecule has 4 nitrogen and oxygen atoms in total. The molecule has 112 valence electrons. The van der Waals surface area contributed by atoms with E-state index in [0.717, 1.165) is 37.1 Å². The van der Waals surface area contributed by atoms with Crippen LogP contribution in [0.4, 0.5) is 0 Å². The average Bonchev–Trinajstić information content (AvgIpc) is 2.48. The van der Waals surface area contributed by atoms with Crippen molar-refractivity contribution in [2.45, 2.75) is 38.3 Å². The number of rotatable bonds is 4. The fourth-order valence-corrected chi connectivity index (χ4v) is 2.49. The van der Waals surface area contributed by atoms with Gasteiger partial charge in [-0.05, 0) is 32.4 Å². The van der Waals surface area contributed by atoms with Gasteiger partial charge in [0.05, 0.1) is 19.2 Å². The Morgan fingerprint density at radius 1 is 1.40 bits per heavy atom. The second-order valence-corrected chi connectivity index (χ2v) is 4.97. The van der Waals surface area contributed by atoms with E-state index in [1.165, 1.54) is 0 Å². The first-order valence-electron chi connectivity index (χ1n) is 6.89. The summed E-state index contributed by atoms with van der Waals surface area (Å²) in [4.78, 5) is 12.2. The van der Waals surface area contributed by atoms with Gasteiger partial charge in [0.15, 0.2) is 0 Å². The summed E-state index contributed by atoms with van der Waals surface area (Å²) in [5.74, 6) is 0.894. The summed E-state index contributed by atoms with van der Waals surface area (Å²) in [5, 5.41) is 6.32. The van der Waals surface area contributed by atoms with E-state index in [4.69, 9.17) is 4.74 Å². The van der Waals surface area contributed by atoms with E-state index in [1.807, 2.05) is 31.2 Å². The highest BCUT2D eigenvalue weighted by Gasteiger charge is 2.22. The van der Waals surface area contributed by atoms with E-state index in [2.05, 4.69) is 10.6 Å². The Bertz CT molecular complexity index is 434. The first kappa shape index (κ1) is 16.8. The van der Waals surface area contributed by atoms with Crippen LogP contribution in [0, 0.1) is 0 Å². The second-order valence-electron chi connectivity index (χ2n) is 4.97. The average molecular weight is 299 g/mol. The van der Waals surface area contributed by atoms with Crippen LogP contribution in [-0.2, 0) is 4.79 Å². The number of nitrogens with one attached hydrogen (secondary N) is 2. The molecule has 1 unspecified atom stereocenters. The predicted octanol–water partition coefficient (Wildman–Crippen LogP) is 2.44. The van der Waals surface area contributed by atoms with Gasteiger partial charge in [-0.1, -0.05) is 24.6 Å². The number of piperidine rings is 1. The smallest absolute Gasteiger partial charge is 0.237 e. The molecule has 2 N–H and O–H groups in total. The minimum absolute atomic E-state index is 0. The Kier molecular flexibility index (Phi) is 6.82. The molecule has 1 fully saturated rings. The van der Waals surface area contributed by atoms with Crippen LogP contribution in [0.15, 0.2) is 24.3 Å². The predicted molar refractivity (Wildman–Crippen MR) is 82.4 cm³/mol. The molecule has 0 saturated carbocycles. The molecule has 0 spiro atoms. The van der Waals surface area contributed by atoms with Crippen LogP contribution in [-0.4, -0.2) is 25.6 Å². The van der Waals surface area contributed by atoms with Gasteiger partial charge in [-0.15, -0.1) is 12.4 Å². The van der Waals surface area contributed by atoms with Crippen molar-refractivity contribution in [1.29, 1.82) is 0 Å². The topological polar surface area (TPSA) is 50.4 Å². The maximum absolute atomic E-state index is 12.2. The standard InChI is InChI=1S/C15H22N2O2.ClH/c1-11(12-7-3-4-9-14(12)19-2)17-15(18)13-8-5-6-10-16-13;/h3-4,7,9,11,13,16H,5-6,8,10H2,1-2H3,(H,17,18);1H/t11?,13-;/m1./s1. The Balaban J connectivity index is 0.00000200. The summed E-state index contributed by atoms with van der Waals surface area (Å²) < 4.78 is 5.33. The van der Waals surface area contributed by atoms with Crippen molar-refractivity contribution >= 4 is 18.3 Å². The van der Waals surface area contributed by atoms with Crippen molar-refractivity contribution in [2.75, 3.05) is 13.7 Å². The summed E-state index contributed by atoms with van der Waals surface area (Å²) in [5.41, 5.74) is 1.01. The van der Waals surface area contributed by atoms with Crippen molar-refractivity contribution < 1.29 is 9.53 Å². The van der Waals surface area contributed by atoms with Gasteiger partial charge >= 0.3 is 0 Å². The summed E-state index contributed by atoms with van der Waals surface area (Å²) in [6.07, 6.45) is 3.20. The number of ether oxygens (including phenoxy) is 1. The third kappa shape index (κ3) is 4.12. The Hall–Kier alpha value is -1.26. The van der Waals surface area contributed by atoms with Crippen LogP contribution in [0.5, 0.6) is 5.75 Å². The van der Waals surface area contributed by atoms with Crippen LogP contribution in [0.2, 0.25) is 0 Å². The molecule has 1 aliphatic heterocycles. The number of halogens is 1. The van der Waals surface area contributed by atoms with Gasteiger partial charge in [-0.3, -0.25) is 4.79 Å². The highest BCUT2D eigenvalue weighted by Crippen LogP contribution is 2.24. The maximum atomic E-state index is 12.2. The normalized spacial score (nSPS) is 19.6. The molecule has 1 aromatic carbocycles. The van der Waals surface area contributed by atoms with E-state index >= 15 is 0 Å². The van der Waals surface area contributed by atoms with Gasteiger partial charge < -0.3 is 15.4 Å². The molecule has 0 aromatic heterocycles. The molecular weight excluding hydrogens is 276 g/mol. The third-order valence-electron chi connectivity index (χ3n) is 3.59. The van der Waals surface area contributed by atoms with Gasteiger partial charge in [-0.2, -0.15) is 0 Å². The van der Waals surface area contributed by atoms with E-state index in [-0.39, 0.29) is 30.4 Å². The lowest BCUT2D eigenvalue weighted by atomic mass is 10.0. The first-order chi connectivity index (χ1) is 9.22. The molecule has 1 saturated heterocycles. The number of methoxy groups -OCH3 is 1. The van der Waals surface area contributed by atoms with E-state index in [0.29, 0.717) is 0 Å². The van der Waals surface area contributed by atoms with Crippen LogP contribution in [0.3, 0.4) is 0 Å². The maximum Gasteiger partial charge on any atom is 0.237 e. The summed E-state index contributed by atoms with van der Waals surface area (Å²) in [7, 11) is 1.65. The third-order valence-corrected chi connectivity index (χ3v) is 3.59. The first-order valence-corrected chi connectivity index (χ1v) is 6.89. The molecule has 1 amide bonds. The van der Waals surface area contributed by atoms with Gasteiger partial charge in [0.25, 0.3) is 0 Å². The molecule has 1 aromatic rings. The number of hydrogen-bond donors (Lipinski definition) is 2. The molecule has 2 atom stereocenters. The van der Waals surface area contributed by atoms with Gasteiger partial charge in [0, 0.05) is 5.56 Å². The molecule has 1 aliphatic rings. The van der Waals surface area contributed by atoms with Gasteiger partial charge in [0.1, 0.15) is 5.75 Å². The van der Waals surface area contributed by atoms with Crippen molar-refractivity contribution in [3.63, 3.8) is 0 Å². The second kappa shape index (κ2) is 8.12. The zero-order valence-electron chi connectivity index (χ0n) is 12.0. The zero-order valence-corrected chi connectivity index (χ0v) is 12.8. The van der Waals surface area contributed by atoms with Crippen LogP contribution < -0.4 is 15.4 Å². The molecule has 0 bridgehead atoms. The molecule has 20 heavy (non-hydrogen) atoms. The number of hydrogen-bond acceptors (Lipinski definition) is 3. The minimum Gasteiger partial charge on any atom is -0.496 e. The number of para-hydroxylation sites is 1. The van der Waals surface area contributed by atoms with E-state index < -0.39 is 0 Å². The molecule has 2 rings (SSSR count). The van der Waals surface area contributed by atoms with E-state index in [9.17, 15) is 4.79 Å². The van der Waals surface area contributed by atoms with Crippen molar-refractivity contribution in [1.82, 2.24) is 10.6 Å². The number of amides is 1. The largest absolute Gasteiger partial charge is 0.496 e. The summed E-state index contributed by atoms with van der Waals surface area (Å²) in [6.45, 7) is 2.92. The van der Waals surface area contributed by atoms with Crippen molar-refractivity contribution in [3.05, 3.63) is 29.8 Å². The highest BCUT2D eigenvalue weighted by molar-refractivity contribution is 5.85. The van der Waals surface area contributed by atoms with Crippen LogP contribution in [0.25, 0.3) is 0 Å². The zero-order chi connectivity index (χ0) is 13.7. The lowest BCUT2D eigenvalue weighted by Gasteiger charge is -2.25. The molecule has 0 aliphatic carbocycles. The Morgan fingerprint density at radius 2 is 2.15 bits per heavy atom. The van der Waals surface area contributed by atoms with Gasteiger partial charge in [-0.25, -0.2) is 0 Å². The lowest BCUT2D eigenvalue weighted by molar-refractivity contribution is -0.124. The summed E-state index contributed by atoms with van der Waals surface area (Å²) in [6, 6.07) is 7.69. The molecule has 0 radical (unpaired) electrons. The lowest BCUT2D eigenvalue weighted by Crippen LogP contribution is -2.47. The Labute approximate surface area is 126 Å². The molecule has 1 heterocycles. The Morgan fingerprint density at radius 3 is 2.80 bits per heavy atom. The van der Waals surface area contributed by atoms with Crippen molar-refractivity contribution in [2.24, 2.45) is 0 Å². The quantitative estimate of drug-likeness (QED) is 0.897. The summed E-state index contributed by atoms with van der Waals surface area (Å²) >= 11 is 0. The SMILES string of the molecule is COc1ccccc1C(C)NC(=O)[C@H]1CCCCN1.Cl. The fourth-order valence-electron chi connectivity index (χ4n) is 2.49. The fraction of sp³-hybridized carbons (Fsp3) is 0.533. The number of benzene rings is 1. The molecule has 5 heteroatoms. The monoisotopic (exact) mass is 298 g/mol. The van der Waals surface area contributed by atoms with Crippen LogP contribution >= 0.6 is 12.4 Å².